The van der Waals surface area contributed by atoms with Crippen molar-refractivity contribution in [1.82, 2.24) is 4.57 Å². The number of hydrogen-bond donors (Lipinski definition) is 0. The van der Waals surface area contributed by atoms with Crippen molar-refractivity contribution in [3.63, 3.8) is 0 Å². The summed E-state index contributed by atoms with van der Waals surface area (Å²) in [4.78, 5) is 0. The summed E-state index contributed by atoms with van der Waals surface area (Å²) in [7, 11) is 0. The molecule has 1 nitrogen and oxygen atoms in total. The van der Waals surface area contributed by atoms with Gasteiger partial charge < -0.3 is 4.57 Å². The van der Waals surface area contributed by atoms with Crippen LogP contribution in [0.1, 0.15) is 41.1 Å². The number of benzene rings is 5. The van der Waals surface area contributed by atoms with Gasteiger partial charge in [-0.05, 0) is 51.9 Å². The van der Waals surface area contributed by atoms with E-state index in [1.807, 2.05) is 11.3 Å². The van der Waals surface area contributed by atoms with Crippen molar-refractivity contribution in [2.24, 2.45) is 0 Å². The summed E-state index contributed by atoms with van der Waals surface area (Å²) in [5, 5.41) is 5.53. The second-order valence-corrected chi connectivity index (χ2v) is 11.9. The second kappa shape index (κ2) is 7.46. The number of fused-ring (bicyclic) bond motifs is 12. The van der Waals surface area contributed by atoms with Crippen molar-refractivity contribution in [1.29, 1.82) is 0 Å². The number of hydrogen-bond acceptors (Lipinski definition) is 1. The summed E-state index contributed by atoms with van der Waals surface area (Å²) in [5.41, 5.74) is 11.3. The van der Waals surface area contributed by atoms with Gasteiger partial charge in [-0.15, -0.1) is 11.3 Å². The Hall–Kier alpha value is -4.14. The van der Waals surface area contributed by atoms with E-state index in [1.54, 1.807) is 0 Å². The minimum Gasteiger partial charge on any atom is -0.332 e. The van der Waals surface area contributed by atoms with Crippen LogP contribution in [0.4, 0.5) is 0 Å². The van der Waals surface area contributed by atoms with Crippen molar-refractivity contribution in [3.8, 4) is 11.1 Å². The molecule has 0 aliphatic heterocycles. The van der Waals surface area contributed by atoms with Crippen molar-refractivity contribution in [2.45, 2.75) is 25.3 Å². The molecular weight excluding hydrogens is 478 g/mol. The third-order valence-corrected chi connectivity index (χ3v) is 10.2. The lowest BCUT2D eigenvalue weighted by Gasteiger charge is -2.23. The normalized spacial score (nSPS) is 17.9. The fraction of sp³-hybridized carbons (Fsp3) is 0.111. The first-order chi connectivity index (χ1) is 18.8. The van der Waals surface area contributed by atoms with E-state index in [0.29, 0.717) is 5.92 Å². The van der Waals surface area contributed by atoms with Crippen LogP contribution in [-0.4, -0.2) is 4.57 Å². The molecule has 2 aliphatic carbocycles. The molecule has 0 bridgehead atoms. The van der Waals surface area contributed by atoms with E-state index in [9.17, 15) is 0 Å². The molecule has 5 aromatic carbocycles. The highest BCUT2D eigenvalue weighted by atomic mass is 32.1. The van der Waals surface area contributed by atoms with Gasteiger partial charge in [-0.1, -0.05) is 104 Å². The highest BCUT2D eigenvalue weighted by Crippen LogP contribution is 2.52. The molecule has 0 saturated heterocycles. The van der Waals surface area contributed by atoms with E-state index in [1.165, 1.54) is 75.4 Å². The molecule has 0 saturated carbocycles. The monoisotopic (exact) mass is 503 g/mol. The van der Waals surface area contributed by atoms with Gasteiger partial charge in [-0.3, -0.25) is 0 Å². The summed E-state index contributed by atoms with van der Waals surface area (Å²) >= 11 is 1.97. The maximum atomic E-state index is 2.63. The highest BCUT2D eigenvalue weighted by Gasteiger charge is 2.29. The van der Waals surface area contributed by atoms with Gasteiger partial charge in [0.05, 0.1) is 16.3 Å². The van der Waals surface area contributed by atoms with Crippen LogP contribution in [0, 0.1) is 0 Å². The van der Waals surface area contributed by atoms with E-state index in [4.69, 9.17) is 0 Å². The Morgan fingerprint density at radius 1 is 0.737 bits per heavy atom. The molecule has 0 N–H and O–H groups in total. The number of nitrogens with zero attached hydrogens (tertiary/aromatic N) is 1. The van der Waals surface area contributed by atoms with E-state index >= 15 is 0 Å². The summed E-state index contributed by atoms with van der Waals surface area (Å²) < 4.78 is 5.42. The summed E-state index contributed by atoms with van der Waals surface area (Å²) in [6.45, 7) is 2.36. The molecule has 2 aromatic heterocycles. The zero-order valence-electron chi connectivity index (χ0n) is 21.1. The number of allylic oxidation sites excluding steroid dienone is 1. The maximum absolute atomic E-state index is 2.63. The quantitative estimate of drug-likeness (QED) is 0.210. The molecule has 180 valence electrons. The van der Waals surface area contributed by atoms with E-state index in [-0.39, 0.29) is 6.04 Å². The molecule has 0 amide bonds. The Morgan fingerprint density at radius 2 is 1.55 bits per heavy atom. The van der Waals surface area contributed by atoms with E-state index < -0.39 is 0 Å². The second-order valence-electron chi connectivity index (χ2n) is 10.9. The predicted molar refractivity (Wildman–Crippen MR) is 164 cm³/mol. The molecule has 2 unspecified atom stereocenters. The number of para-hydroxylation sites is 1. The van der Waals surface area contributed by atoms with Gasteiger partial charge in [-0.2, -0.15) is 0 Å². The van der Waals surface area contributed by atoms with Gasteiger partial charge in [0.1, 0.15) is 0 Å². The summed E-state index contributed by atoms with van der Waals surface area (Å²) in [5.74, 6) is 0.433. The maximum Gasteiger partial charge on any atom is 0.0678 e. The zero-order chi connectivity index (χ0) is 25.0. The summed E-state index contributed by atoms with van der Waals surface area (Å²) in [6, 6.07) is 36.6. The molecule has 7 aromatic rings. The molecule has 2 heterocycles. The third-order valence-electron chi connectivity index (χ3n) is 8.98. The largest absolute Gasteiger partial charge is 0.332 e. The first-order valence-corrected chi connectivity index (χ1v) is 14.4. The van der Waals surface area contributed by atoms with Crippen LogP contribution in [0.15, 0.2) is 103 Å². The van der Waals surface area contributed by atoms with Gasteiger partial charge >= 0.3 is 0 Å². The molecular formula is C36H25NS. The average Bonchev–Trinajstić information content (AvgIpc) is 3.61. The van der Waals surface area contributed by atoms with Crippen LogP contribution in [0.25, 0.3) is 59.2 Å². The molecule has 0 fully saturated rings. The number of rotatable bonds is 1. The lowest BCUT2D eigenvalue weighted by atomic mass is 9.94. The minimum absolute atomic E-state index is 0.287. The SMILES string of the molecule is CC1c2ccccc2-c2c1ccc1sc3c(ccc4c5ccccc5n(C5C=Cc6ccccc6C5)c43)c21. The highest BCUT2D eigenvalue weighted by molar-refractivity contribution is 7.26. The van der Waals surface area contributed by atoms with Crippen LogP contribution in [0.2, 0.25) is 0 Å². The minimum atomic E-state index is 0.287. The molecule has 2 atom stereocenters. The average molecular weight is 504 g/mol. The Bertz CT molecular complexity index is 2140. The Labute approximate surface area is 225 Å². The standard InChI is InChI=1S/C36H25NS/c1-21-25-10-4-5-12-28(25)33-26(21)18-19-32-34(33)30-17-16-29-27-11-6-7-13-31(27)37(35(29)36(30)38-32)24-15-14-22-8-2-3-9-23(22)20-24/h2-19,21,24H,20H2,1H3. The number of thiophene rings is 1. The third kappa shape index (κ3) is 2.61. The Morgan fingerprint density at radius 3 is 2.53 bits per heavy atom. The van der Waals surface area contributed by atoms with Crippen molar-refractivity contribution >= 4 is 59.4 Å². The molecule has 2 heteroatoms. The van der Waals surface area contributed by atoms with Crippen LogP contribution in [-0.2, 0) is 6.42 Å². The van der Waals surface area contributed by atoms with Gasteiger partial charge in [0.25, 0.3) is 0 Å². The topological polar surface area (TPSA) is 4.93 Å². The van der Waals surface area contributed by atoms with Gasteiger partial charge in [-0.25, -0.2) is 0 Å². The van der Waals surface area contributed by atoms with Gasteiger partial charge in [0, 0.05) is 37.7 Å². The molecule has 0 radical (unpaired) electrons. The van der Waals surface area contributed by atoms with Gasteiger partial charge in [0.2, 0.25) is 0 Å². The lowest BCUT2D eigenvalue weighted by molar-refractivity contribution is 0.637. The summed E-state index contributed by atoms with van der Waals surface area (Å²) in [6.07, 6.45) is 5.75. The predicted octanol–water partition coefficient (Wildman–Crippen LogP) is 10.1. The smallest absolute Gasteiger partial charge is 0.0678 e. The van der Waals surface area contributed by atoms with Crippen molar-refractivity contribution < 1.29 is 0 Å². The molecule has 38 heavy (non-hydrogen) atoms. The van der Waals surface area contributed by atoms with E-state index in [2.05, 4.69) is 121 Å². The molecule has 0 spiro atoms. The fourth-order valence-electron chi connectivity index (χ4n) is 7.26. The van der Waals surface area contributed by atoms with Crippen LogP contribution < -0.4 is 0 Å². The molecule has 9 rings (SSSR count). The Kier molecular flexibility index (Phi) is 4.10. The lowest BCUT2D eigenvalue weighted by Crippen LogP contribution is -2.12. The fourth-order valence-corrected chi connectivity index (χ4v) is 8.51. The molecule has 2 aliphatic rings. The van der Waals surface area contributed by atoms with Crippen molar-refractivity contribution in [2.75, 3.05) is 0 Å². The van der Waals surface area contributed by atoms with Gasteiger partial charge in [0.15, 0.2) is 0 Å². The van der Waals surface area contributed by atoms with Crippen LogP contribution >= 0.6 is 11.3 Å². The first-order valence-electron chi connectivity index (χ1n) is 13.5. The first kappa shape index (κ1) is 20.9. The Balaban J connectivity index is 1.40. The number of aromatic nitrogens is 1. The van der Waals surface area contributed by atoms with E-state index in [0.717, 1.165) is 6.42 Å². The van der Waals surface area contributed by atoms with Crippen LogP contribution in [0.3, 0.4) is 0 Å². The van der Waals surface area contributed by atoms with Crippen molar-refractivity contribution in [3.05, 3.63) is 125 Å². The zero-order valence-corrected chi connectivity index (χ0v) is 21.9. The van der Waals surface area contributed by atoms with Crippen LogP contribution in [0.5, 0.6) is 0 Å².